The minimum Gasteiger partial charge on any atom is -0.398 e. The standard InChI is InChI=1S/C14H21FN2/c1-2-11-4-3-7-17(9-11)10-12-5-6-13(15)8-14(12)16/h5-6,8,11H,2-4,7,9-10,16H2,1H3. The van der Waals surface area contributed by atoms with Crippen LogP contribution in [0.15, 0.2) is 18.2 Å². The van der Waals surface area contributed by atoms with Crippen molar-refractivity contribution in [2.24, 2.45) is 5.92 Å². The van der Waals surface area contributed by atoms with E-state index >= 15 is 0 Å². The van der Waals surface area contributed by atoms with E-state index in [1.54, 1.807) is 6.07 Å². The maximum atomic E-state index is 12.9. The zero-order valence-electron chi connectivity index (χ0n) is 10.5. The van der Waals surface area contributed by atoms with Crippen LogP contribution in [0.4, 0.5) is 10.1 Å². The van der Waals surface area contributed by atoms with Crippen molar-refractivity contribution < 1.29 is 4.39 Å². The Morgan fingerprint density at radius 2 is 2.29 bits per heavy atom. The van der Waals surface area contributed by atoms with Crippen LogP contribution in [0.5, 0.6) is 0 Å². The van der Waals surface area contributed by atoms with Crippen LogP contribution in [0.3, 0.4) is 0 Å². The Balaban J connectivity index is 2.00. The molecule has 0 bridgehead atoms. The van der Waals surface area contributed by atoms with Crippen molar-refractivity contribution in [3.05, 3.63) is 29.6 Å². The van der Waals surface area contributed by atoms with Gasteiger partial charge in [-0.2, -0.15) is 0 Å². The molecular formula is C14H21FN2. The van der Waals surface area contributed by atoms with E-state index in [9.17, 15) is 4.39 Å². The molecule has 1 aromatic rings. The number of likely N-dealkylation sites (tertiary alicyclic amines) is 1. The number of nitrogens with two attached hydrogens (primary N) is 1. The molecule has 1 aliphatic heterocycles. The number of benzene rings is 1. The predicted octanol–water partition coefficient (Wildman–Crippen LogP) is 3.03. The second kappa shape index (κ2) is 5.50. The highest BCUT2D eigenvalue weighted by Crippen LogP contribution is 2.22. The molecule has 3 heteroatoms. The molecular weight excluding hydrogens is 215 g/mol. The van der Waals surface area contributed by atoms with E-state index < -0.39 is 0 Å². The van der Waals surface area contributed by atoms with E-state index in [1.165, 1.54) is 31.4 Å². The summed E-state index contributed by atoms with van der Waals surface area (Å²) in [4.78, 5) is 2.43. The molecule has 1 unspecified atom stereocenters. The van der Waals surface area contributed by atoms with Crippen molar-refractivity contribution in [2.75, 3.05) is 18.8 Å². The Labute approximate surface area is 103 Å². The first-order valence-corrected chi connectivity index (χ1v) is 6.45. The van der Waals surface area contributed by atoms with Crippen molar-refractivity contribution in [3.63, 3.8) is 0 Å². The summed E-state index contributed by atoms with van der Waals surface area (Å²) in [5.74, 6) is 0.557. The summed E-state index contributed by atoms with van der Waals surface area (Å²) in [5.41, 5.74) is 7.46. The van der Waals surface area contributed by atoms with E-state index in [0.29, 0.717) is 5.69 Å². The minimum absolute atomic E-state index is 0.253. The zero-order valence-corrected chi connectivity index (χ0v) is 10.5. The topological polar surface area (TPSA) is 29.3 Å². The van der Waals surface area contributed by atoms with Gasteiger partial charge in [-0.05, 0) is 43.0 Å². The van der Waals surface area contributed by atoms with Crippen molar-refractivity contribution in [3.8, 4) is 0 Å². The van der Waals surface area contributed by atoms with Crippen LogP contribution in [0, 0.1) is 11.7 Å². The molecule has 2 rings (SSSR count). The molecule has 1 heterocycles. The summed E-state index contributed by atoms with van der Waals surface area (Å²) in [6, 6.07) is 4.71. The highest BCUT2D eigenvalue weighted by atomic mass is 19.1. The molecule has 1 saturated heterocycles. The van der Waals surface area contributed by atoms with Crippen molar-refractivity contribution in [2.45, 2.75) is 32.7 Å². The van der Waals surface area contributed by atoms with Crippen molar-refractivity contribution in [1.82, 2.24) is 4.90 Å². The lowest BCUT2D eigenvalue weighted by molar-refractivity contribution is 0.165. The van der Waals surface area contributed by atoms with E-state index in [1.807, 2.05) is 0 Å². The summed E-state index contributed by atoms with van der Waals surface area (Å²) in [6.45, 7) is 5.38. The largest absolute Gasteiger partial charge is 0.398 e. The molecule has 2 nitrogen and oxygen atoms in total. The Morgan fingerprint density at radius 3 is 3.00 bits per heavy atom. The normalized spacial score (nSPS) is 21.6. The van der Waals surface area contributed by atoms with Gasteiger partial charge < -0.3 is 5.73 Å². The first-order valence-electron chi connectivity index (χ1n) is 6.45. The van der Waals surface area contributed by atoms with Crippen molar-refractivity contribution >= 4 is 5.69 Å². The summed E-state index contributed by atoms with van der Waals surface area (Å²) in [5, 5.41) is 0. The number of nitrogen functional groups attached to an aromatic ring is 1. The fraction of sp³-hybridized carbons (Fsp3) is 0.571. The SMILES string of the molecule is CCC1CCCN(Cc2ccc(F)cc2N)C1. The van der Waals surface area contributed by atoms with Crippen LogP contribution in [0.25, 0.3) is 0 Å². The number of nitrogens with zero attached hydrogens (tertiary/aromatic N) is 1. The third kappa shape index (κ3) is 3.19. The summed E-state index contributed by atoms with van der Waals surface area (Å²) >= 11 is 0. The summed E-state index contributed by atoms with van der Waals surface area (Å²) in [7, 11) is 0. The van der Waals surface area contributed by atoms with Gasteiger partial charge in [-0.3, -0.25) is 4.90 Å². The molecule has 0 saturated carbocycles. The van der Waals surface area contributed by atoms with Gasteiger partial charge in [-0.25, -0.2) is 4.39 Å². The maximum Gasteiger partial charge on any atom is 0.125 e. The molecule has 17 heavy (non-hydrogen) atoms. The highest BCUT2D eigenvalue weighted by molar-refractivity contribution is 5.46. The molecule has 1 aromatic carbocycles. The van der Waals surface area contributed by atoms with Gasteiger partial charge in [0, 0.05) is 18.8 Å². The third-order valence-electron chi connectivity index (χ3n) is 3.68. The summed E-state index contributed by atoms with van der Waals surface area (Å²) in [6.07, 6.45) is 3.85. The molecule has 94 valence electrons. The Morgan fingerprint density at radius 1 is 1.47 bits per heavy atom. The Bertz CT molecular complexity index is 378. The molecule has 1 aliphatic rings. The smallest absolute Gasteiger partial charge is 0.125 e. The summed E-state index contributed by atoms with van der Waals surface area (Å²) < 4.78 is 12.9. The van der Waals surface area contributed by atoms with Crippen LogP contribution in [-0.4, -0.2) is 18.0 Å². The minimum atomic E-state index is -0.253. The van der Waals surface area contributed by atoms with Gasteiger partial charge in [0.05, 0.1) is 0 Å². The molecule has 2 N–H and O–H groups in total. The Kier molecular flexibility index (Phi) is 4.00. The molecule has 0 aliphatic carbocycles. The van der Waals surface area contributed by atoms with Gasteiger partial charge in [0.1, 0.15) is 5.82 Å². The third-order valence-corrected chi connectivity index (χ3v) is 3.68. The van der Waals surface area contributed by atoms with E-state index in [2.05, 4.69) is 11.8 Å². The van der Waals surface area contributed by atoms with Gasteiger partial charge in [0.2, 0.25) is 0 Å². The van der Waals surface area contributed by atoms with Gasteiger partial charge in [-0.15, -0.1) is 0 Å². The number of hydrogen-bond acceptors (Lipinski definition) is 2. The first-order chi connectivity index (χ1) is 8.19. The van der Waals surface area contributed by atoms with E-state index in [0.717, 1.165) is 31.1 Å². The lowest BCUT2D eigenvalue weighted by Crippen LogP contribution is -2.34. The predicted molar refractivity (Wildman–Crippen MR) is 69.1 cm³/mol. The van der Waals surface area contributed by atoms with Crippen LogP contribution in [0.1, 0.15) is 31.7 Å². The second-order valence-electron chi connectivity index (χ2n) is 4.99. The highest BCUT2D eigenvalue weighted by Gasteiger charge is 2.18. The zero-order chi connectivity index (χ0) is 12.3. The van der Waals surface area contributed by atoms with Crippen LogP contribution in [0.2, 0.25) is 0 Å². The van der Waals surface area contributed by atoms with Gasteiger partial charge in [0.15, 0.2) is 0 Å². The molecule has 0 aromatic heterocycles. The number of halogens is 1. The van der Waals surface area contributed by atoms with Crippen LogP contribution >= 0.6 is 0 Å². The van der Waals surface area contributed by atoms with Crippen LogP contribution in [-0.2, 0) is 6.54 Å². The number of anilines is 1. The monoisotopic (exact) mass is 236 g/mol. The molecule has 1 fully saturated rings. The lowest BCUT2D eigenvalue weighted by Gasteiger charge is -2.32. The average molecular weight is 236 g/mol. The molecule has 0 radical (unpaired) electrons. The molecule has 0 amide bonds. The van der Waals surface area contributed by atoms with E-state index in [4.69, 9.17) is 5.73 Å². The number of hydrogen-bond donors (Lipinski definition) is 1. The van der Waals surface area contributed by atoms with E-state index in [-0.39, 0.29) is 5.82 Å². The quantitative estimate of drug-likeness (QED) is 0.817. The number of rotatable bonds is 3. The first kappa shape index (κ1) is 12.4. The maximum absolute atomic E-state index is 12.9. The van der Waals surface area contributed by atoms with Gasteiger partial charge in [0.25, 0.3) is 0 Å². The van der Waals surface area contributed by atoms with Crippen LogP contribution < -0.4 is 5.73 Å². The fourth-order valence-corrected chi connectivity index (χ4v) is 2.58. The molecule has 1 atom stereocenters. The average Bonchev–Trinajstić information content (AvgIpc) is 2.33. The van der Waals surface area contributed by atoms with Crippen molar-refractivity contribution in [1.29, 1.82) is 0 Å². The second-order valence-corrected chi connectivity index (χ2v) is 4.99. The lowest BCUT2D eigenvalue weighted by atomic mass is 9.95. The van der Waals surface area contributed by atoms with Gasteiger partial charge >= 0.3 is 0 Å². The molecule has 0 spiro atoms. The number of piperidine rings is 1. The van der Waals surface area contributed by atoms with Gasteiger partial charge in [-0.1, -0.05) is 19.4 Å². The Hall–Kier alpha value is -1.09. The fourth-order valence-electron chi connectivity index (χ4n) is 2.58.